The number of non-ortho nitro benzene ring substituents is 1. The van der Waals surface area contributed by atoms with Crippen molar-refractivity contribution in [1.29, 1.82) is 0 Å². The Kier molecular flexibility index (Phi) is 4.76. The number of nitrogens with zero attached hydrogens (tertiary/aromatic N) is 2. The second-order valence-electron chi connectivity index (χ2n) is 4.92. The number of piperidine rings is 1. The van der Waals surface area contributed by atoms with Gasteiger partial charge >= 0.3 is 0 Å². The van der Waals surface area contributed by atoms with Crippen LogP contribution in [-0.2, 0) is 0 Å². The summed E-state index contributed by atoms with van der Waals surface area (Å²) in [6, 6.07) is 5.40. The lowest BCUT2D eigenvalue weighted by atomic mass is 10.0. The molecule has 1 aliphatic rings. The maximum absolute atomic E-state index is 10.7. The number of hydrogen-bond acceptors (Lipinski definition) is 4. The third-order valence-electron chi connectivity index (χ3n) is 3.46. The Hall–Kier alpha value is -1.14. The zero-order valence-electron chi connectivity index (χ0n) is 10.9. The molecule has 0 amide bonds. The van der Waals surface area contributed by atoms with Crippen LogP contribution in [0, 0.1) is 10.1 Å². The monoisotopic (exact) mass is 327 g/mol. The second kappa shape index (κ2) is 6.34. The van der Waals surface area contributed by atoms with E-state index in [0.29, 0.717) is 6.04 Å². The molecule has 1 aromatic carbocycles. The Bertz CT molecular complexity index is 461. The van der Waals surface area contributed by atoms with Crippen LogP contribution in [0.3, 0.4) is 0 Å². The van der Waals surface area contributed by atoms with Crippen molar-refractivity contribution in [3.63, 3.8) is 0 Å². The molecular weight excluding hydrogens is 310 g/mol. The van der Waals surface area contributed by atoms with Crippen LogP contribution in [0.4, 0.5) is 11.4 Å². The highest BCUT2D eigenvalue weighted by Crippen LogP contribution is 2.29. The first-order valence-electron chi connectivity index (χ1n) is 6.46. The van der Waals surface area contributed by atoms with Gasteiger partial charge in [0.25, 0.3) is 5.69 Å². The molecule has 104 valence electrons. The van der Waals surface area contributed by atoms with Crippen LogP contribution in [0.1, 0.15) is 19.3 Å². The van der Waals surface area contributed by atoms with Crippen LogP contribution in [0.5, 0.6) is 0 Å². The van der Waals surface area contributed by atoms with Gasteiger partial charge in [-0.3, -0.25) is 10.1 Å². The van der Waals surface area contributed by atoms with Crippen molar-refractivity contribution < 1.29 is 4.92 Å². The highest BCUT2D eigenvalue weighted by Gasteiger charge is 2.17. The summed E-state index contributed by atoms with van der Waals surface area (Å²) in [5, 5.41) is 14.2. The van der Waals surface area contributed by atoms with Gasteiger partial charge in [-0.15, -0.1) is 0 Å². The van der Waals surface area contributed by atoms with Gasteiger partial charge in [0.15, 0.2) is 0 Å². The number of benzene rings is 1. The van der Waals surface area contributed by atoms with Crippen molar-refractivity contribution in [1.82, 2.24) is 5.32 Å². The van der Waals surface area contributed by atoms with Gasteiger partial charge in [-0.25, -0.2) is 0 Å². The summed E-state index contributed by atoms with van der Waals surface area (Å²) < 4.78 is 0.764. The molecule has 0 bridgehead atoms. The van der Waals surface area contributed by atoms with Crippen LogP contribution >= 0.6 is 15.9 Å². The van der Waals surface area contributed by atoms with E-state index in [-0.39, 0.29) is 10.6 Å². The molecule has 19 heavy (non-hydrogen) atoms. The van der Waals surface area contributed by atoms with Crippen molar-refractivity contribution in [3.05, 3.63) is 32.8 Å². The molecule has 2 rings (SSSR count). The molecule has 5 nitrogen and oxygen atoms in total. The second-order valence-corrected chi connectivity index (χ2v) is 5.77. The van der Waals surface area contributed by atoms with Crippen LogP contribution in [0.15, 0.2) is 22.7 Å². The van der Waals surface area contributed by atoms with E-state index in [1.165, 1.54) is 19.3 Å². The van der Waals surface area contributed by atoms with E-state index in [1.807, 2.05) is 7.05 Å². The van der Waals surface area contributed by atoms with Gasteiger partial charge in [0.1, 0.15) is 0 Å². The minimum absolute atomic E-state index is 0.111. The summed E-state index contributed by atoms with van der Waals surface area (Å²) in [5.74, 6) is 0. The maximum atomic E-state index is 10.7. The number of likely N-dealkylation sites (N-methyl/N-ethyl adjacent to an activating group) is 1. The molecule has 0 radical (unpaired) electrons. The molecule has 0 aliphatic carbocycles. The smallest absolute Gasteiger partial charge is 0.270 e. The largest absolute Gasteiger partial charge is 0.372 e. The van der Waals surface area contributed by atoms with Gasteiger partial charge in [0.2, 0.25) is 0 Å². The van der Waals surface area contributed by atoms with E-state index in [2.05, 4.69) is 26.1 Å². The minimum atomic E-state index is -0.378. The van der Waals surface area contributed by atoms with Crippen LogP contribution < -0.4 is 10.2 Å². The fourth-order valence-corrected chi connectivity index (χ4v) is 3.10. The third-order valence-corrected chi connectivity index (χ3v) is 4.10. The number of halogens is 1. The van der Waals surface area contributed by atoms with Gasteiger partial charge in [0, 0.05) is 36.2 Å². The first-order chi connectivity index (χ1) is 9.08. The fraction of sp³-hybridized carbons (Fsp3) is 0.538. The van der Waals surface area contributed by atoms with Crippen LogP contribution in [-0.4, -0.2) is 31.1 Å². The summed E-state index contributed by atoms with van der Waals surface area (Å²) in [4.78, 5) is 12.5. The van der Waals surface area contributed by atoms with Gasteiger partial charge < -0.3 is 10.2 Å². The fourth-order valence-electron chi connectivity index (χ4n) is 2.43. The van der Waals surface area contributed by atoms with Crippen LogP contribution in [0.2, 0.25) is 0 Å². The summed E-state index contributed by atoms with van der Waals surface area (Å²) in [7, 11) is 2.02. The number of nitrogens with one attached hydrogen (secondary N) is 1. The normalized spacial score (nSPS) is 19.2. The molecule has 1 unspecified atom stereocenters. The molecule has 0 spiro atoms. The molecule has 1 heterocycles. The third kappa shape index (κ3) is 3.67. The summed E-state index contributed by atoms with van der Waals surface area (Å²) in [5.41, 5.74) is 1.10. The molecule has 0 aromatic heterocycles. The Balaban J connectivity index is 2.05. The van der Waals surface area contributed by atoms with Gasteiger partial charge in [-0.2, -0.15) is 0 Å². The quantitative estimate of drug-likeness (QED) is 0.682. The number of anilines is 1. The molecule has 1 saturated heterocycles. The minimum Gasteiger partial charge on any atom is -0.372 e. The van der Waals surface area contributed by atoms with E-state index < -0.39 is 0 Å². The molecule has 6 heteroatoms. The summed E-state index contributed by atoms with van der Waals surface area (Å²) in [6.45, 7) is 2.00. The Morgan fingerprint density at radius 1 is 1.53 bits per heavy atom. The van der Waals surface area contributed by atoms with Crippen LogP contribution in [0.25, 0.3) is 0 Å². The summed E-state index contributed by atoms with van der Waals surface area (Å²) >= 11 is 3.41. The van der Waals surface area contributed by atoms with Crippen molar-refractivity contribution in [2.75, 3.05) is 25.0 Å². The zero-order valence-corrected chi connectivity index (χ0v) is 12.5. The lowest BCUT2D eigenvalue weighted by molar-refractivity contribution is -0.384. The van der Waals surface area contributed by atoms with Gasteiger partial charge in [-0.05, 0) is 41.4 Å². The van der Waals surface area contributed by atoms with E-state index >= 15 is 0 Å². The molecule has 1 N–H and O–H groups in total. The van der Waals surface area contributed by atoms with Crippen molar-refractivity contribution >= 4 is 27.3 Å². The standard InChI is InChI=1S/C13H18BrN3O2/c1-16(9-10-4-2-3-7-15-10)13-6-5-11(17(18)19)8-12(13)14/h5-6,8,10,15H,2-4,7,9H2,1H3. The number of nitro benzene ring substituents is 1. The highest BCUT2D eigenvalue weighted by molar-refractivity contribution is 9.10. The average molecular weight is 328 g/mol. The number of hydrogen-bond donors (Lipinski definition) is 1. The maximum Gasteiger partial charge on any atom is 0.270 e. The van der Waals surface area contributed by atoms with E-state index in [1.54, 1.807) is 18.2 Å². The van der Waals surface area contributed by atoms with Crippen molar-refractivity contribution in [3.8, 4) is 0 Å². The molecule has 0 saturated carbocycles. The first kappa shape index (κ1) is 14.3. The van der Waals surface area contributed by atoms with Gasteiger partial charge in [-0.1, -0.05) is 6.42 Å². The Morgan fingerprint density at radius 2 is 2.32 bits per heavy atom. The molecule has 1 aromatic rings. The summed E-state index contributed by atoms with van der Waals surface area (Å²) in [6.07, 6.45) is 3.71. The molecule has 1 fully saturated rings. The van der Waals surface area contributed by atoms with Crippen molar-refractivity contribution in [2.45, 2.75) is 25.3 Å². The number of nitro groups is 1. The highest BCUT2D eigenvalue weighted by atomic mass is 79.9. The molecule has 1 atom stereocenters. The average Bonchev–Trinajstić information content (AvgIpc) is 2.39. The zero-order chi connectivity index (χ0) is 13.8. The predicted molar refractivity (Wildman–Crippen MR) is 79.7 cm³/mol. The molecule has 1 aliphatic heterocycles. The van der Waals surface area contributed by atoms with E-state index in [9.17, 15) is 10.1 Å². The topological polar surface area (TPSA) is 58.4 Å². The lowest BCUT2D eigenvalue weighted by Crippen LogP contribution is -2.42. The SMILES string of the molecule is CN(CC1CCCCN1)c1ccc([N+](=O)[O-])cc1Br. The number of rotatable bonds is 4. The lowest BCUT2D eigenvalue weighted by Gasteiger charge is -2.29. The first-order valence-corrected chi connectivity index (χ1v) is 7.25. The van der Waals surface area contributed by atoms with Crippen molar-refractivity contribution in [2.24, 2.45) is 0 Å². The Labute approximate surface area is 121 Å². The predicted octanol–water partition coefficient (Wildman–Crippen LogP) is 2.94. The molecular formula is C13H18BrN3O2. The van der Waals surface area contributed by atoms with E-state index in [0.717, 1.165) is 23.2 Å². The Morgan fingerprint density at radius 3 is 2.89 bits per heavy atom. The van der Waals surface area contributed by atoms with Gasteiger partial charge in [0.05, 0.1) is 10.6 Å². The van der Waals surface area contributed by atoms with E-state index in [4.69, 9.17) is 0 Å².